The maximum absolute atomic E-state index is 5.73. The SMILES string of the molecule is Nc1ccnc(-n2ncc3ccccc32)c1. The van der Waals surface area contributed by atoms with Gasteiger partial charge in [0.05, 0.1) is 11.7 Å². The average molecular weight is 210 g/mol. The molecule has 2 N–H and O–H groups in total. The molecule has 4 heteroatoms. The highest BCUT2D eigenvalue weighted by molar-refractivity contribution is 5.79. The van der Waals surface area contributed by atoms with E-state index < -0.39 is 0 Å². The number of hydrogen-bond donors (Lipinski definition) is 1. The molecule has 0 atom stereocenters. The van der Waals surface area contributed by atoms with Crippen molar-refractivity contribution < 1.29 is 0 Å². The summed E-state index contributed by atoms with van der Waals surface area (Å²) in [6, 6.07) is 11.6. The minimum Gasteiger partial charge on any atom is -0.399 e. The fourth-order valence-electron chi connectivity index (χ4n) is 1.70. The van der Waals surface area contributed by atoms with Crippen molar-refractivity contribution in [3.05, 3.63) is 48.8 Å². The van der Waals surface area contributed by atoms with Crippen LogP contribution in [0.4, 0.5) is 5.69 Å². The Morgan fingerprint density at radius 3 is 2.88 bits per heavy atom. The van der Waals surface area contributed by atoms with Crippen LogP contribution in [0.15, 0.2) is 48.8 Å². The highest BCUT2D eigenvalue weighted by atomic mass is 15.3. The Hall–Kier alpha value is -2.36. The lowest BCUT2D eigenvalue weighted by Gasteiger charge is -2.02. The summed E-state index contributed by atoms with van der Waals surface area (Å²) >= 11 is 0. The summed E-state index contributed by atoms with van der Waals surface area (Å²) in [6.45, 7) is 0. The molecule has 0 bridgehead atoms. The normalized spacial score (nSPS) is 10.8. The molecule has 2 heterocycles. The molecule has 0 saturated carbocycles. The molecule has 2 aromatic heterocycles. The van der Waals surface area contributed by atoms with Crippen molar-refractivity contribution in [1.29, 1.82) is 0 Å². The second-order valence-corrected chi connectivity index (χ2v) is 3.56. The first-order chi connectivity index (χ1) is 7.84. The highest BCUT2D eigenvalue weighted by Gasteiger charge is 2.04. The maximum atomic E-state index is 5.73. The second kappa shape index (κ2) is 3.34. The number of anilines is 1. The van der Waals surface area contributed by atoms with E-state index in [-0.39, 0.29) is 0 Å². The number of fused-ring (bicyclic) bond motifs is 1. The van der Waals surface area contributed by atoms with E-state index in [4.69, 9.17) is 5.73 Å². The molecule has 0 aliphatic carbocycles. The van der Waals surface area contributed by atoms with Crippen molar-refractivity contribution in [2.45, 2.75) is 0 Å². The van der Waals surface area contributed by atoms with Gasteiger partial charge in [-0.2, -0.15) is 5.10 Å². The summed E-state index contributed by atoms with van der Waals surface area (Å²) in [7, 11) is 0. The van der Waals surface area contributed by atoms with Crippen molar-refractivity contribution in [1.82, 2.24) is 14.8 Å². The third-order valence-corrected chi connectivity index (χ3v) is 2.46. The van der Waals surface area contributed by atoms with Crippen LogP contribution in [0.5, 0.6) is 0 Å². The molecule has 0 aliphatic rings. The molecule has 3 aromatic rings. The summed E-state index contributed by atoms with van der Waals surface area (Å²) in [4.78, 5) is 4.25. The Kier molecular flexibility index (Phi) is 1.86. The van der Waals surface area contributed by atoms with Crippen LogP contribution in [0.2, 0.25) is 0 Å². The Bertz CT molecular complexity index is 642. The van der Waals surface area contributed by atoms with Crippen LogP contribution in [0.25, 0.3) is 16.7 Å². The van der Waals surface area contributed by atoms with Gasteiger partial charge in [-0.05, 0) is 12.1 Å². The summed E-state index contributed by atoms with van der Waals surface area (Å²) in [5.41, 5.74) is 7.44. The topological polar surface area (TPSA) is 56.7 Å². The van der Waals surface area contributed by atoms with E-state index in [2.05, 4.69) is 10.1 Å². The van der Waals surface area contributed by atoms with Gasteiger partial charge in [0.2, 0.25) is 0 Å². The van der Waals surface area contributed by atoms with Crippen molar-refractivity contribution in [2.24, 2.45) is 0 Å². The van der Waals surface area contributed by atoms with Gasteiger partial charge in [0.25, 0.3) is 0 Å². The molecule has 1 aromatic carbocycles. The van der Waals surface area contributed by atoms with Crippen LogP contribution in [0, 0.1) is 0 Å². The van der Waals surface area contributed by atoms with Crippen molar-refractivity contribution in [3.8, 4) is 5.82 Å². The number of nitrogens with two attached hydrogens (primary N) is 1. The number of hydrogen-bond acceptors (Lipinski definition) is 3. The minimum atomic E-state index is 0.685. The largest absolute Gasteiger partial charge is 0.399 e. The predicted molar refractivity (Wildman–Crippen MR) is 63.3 cm³/mol. The van der Waals surface area contributed by atoms with Gasteiger partial charge < -0.3 is 5.73 Å². The molecular weight excluding hydrogens is 200 g/mol. The highest BCUT2D eigenvalue weighted by Crippen LogP contribution is 2.17. The van der Waals surface area contributed by atoms with Crippen LogP contribution in [0.1, 0.15) is 0 Å². The van der Waals surface area contributed by atoms with Crippen LogP contribution < -0.4 is 5.73 Å². The zero-order valence-electron chi connectivity index (χ0n) is 8.54. The Labute approximate surface area is 92.3 Å². The quantitative estimate of drug-likeness (QED) is 0.668. The number of pyridine rings is 1. The first-order valence-electron chi connectivity index (χ1n) is 4.99. The number of nitrogens with zero attached hydrogens (tertiary/aromatic N) is 3. The van der Waals surface area contributed by atoms with Crippen molar-refractivity contribution >= 4 is 16.6 Å². The third kappa shape index (κ3) is 1.32. The van der Waals surface area contributed by atoms with Gasteiger partial charge in [-0.15, -0.1) is 0 Å². The van der Waals surface area contributed by atoms with Gasteiger partial charge in [0.1, 0.15) is 0 Å². The molecule has 3 rings (SSSR count). The molecule has 0 radical (unpaired) electrons. The molecule has 16 heavy (non-hydrogen) atoms. The second-order valence-electron chi connectivity index (χ2n) is 3.56. The lowest BCUT2D eigenvalue weighted by molar-refractivity contribution is 0.875. The van der Waals surface area contributed by atoms with E-state index in [0.29, 0.717) is 5.69 Å². The molecule has 4 nitrogen and oxygen atoms in total. The van der Waals surface area contributed by atoms with E-state index in [1.165, 1.54) is 0 Å². The van der Waals surface area contributed by atoms with Gasteiger partial charge in [0, 0.05) is 23.3 Å². The lowest BCUT2D eigenvalue weighted by atomic mass is 10.2. The van der Waals surface area contributed by atoms with E-state index in [0.717, 1.165) is 16.7 Å². The van der Waals surface area contributed by atoms with Gasteiger partial charge in [-0.1, -0.05) is 18.2 Å². The number of nitrogen functional groups attached to an aromatic ring is 1. The Balaban J connectivity index is 2.26. The fraction of sp³-hybridized carbons (Fsp3) is 0. The first kappa shape index (κ1) is 8.91. The maximum Gasteiger partial charge on any atom is 0.156 e. The van der Waals surface area contributed by atoms with Crippen molar-refractivity contribution in [2.75, 3.05) is 5.73 Å². The Morgan fingerprint density at radius 2 is 2.00 bits per heavy atom. The number of benzene rings is 1. The standard InChI is InChI=1S/C12H10N4/c13-10-5-6-14-12(7-10)16-11-4-2-1-3-9(11)8-15-16/h1-8H,(H2,13,14). The summed E-state index contributed by atoms with van der Waals surface area (Å²) < 4.78 is 1.78. The van der Waals surface area contributed by atoms with Crippen LogP contribution in [-0.2, 0) is 0 Å². The smallest absolute Gasteiger partial charge is 0.156 e. The zero-order valence-corrected chi connectivity index (χ0v) is 8.54. The van der Waals surface area contributed by atoms with E-state index in [1.807, 2.05) is 30.5 Å². The fourth-order valence-corrected chi connectivity index (χ4v) is 1.70. The molecule has 0 aliphatic heterocycles. The van der Waals surface area contributed by atoms with Gasteiger partial charge in [-0.25, -0.2) is 9.67 Å². The number of rotatable bonds is 1. The summed E-state index contributed by atoms with van der Waals surface area (Å²) in [5, 5.41) is 5.39. The molecule has 78 valence electrons. The summed E-state index contributed by atoms with van der Waals surface area (Å²) in [6.07, 6.45) is 3.50. The minimum absolute atomic E-state index is 0.685. The summed E-state index contributed by atoms with van der Waals surface area (Å²) in [5.74, 6) is 0.737. The third-order valence-electron chi connectivity index (χ3n) is 2.46. The molecule has 0 unspecified atom stereocenters. The predicted octanol–water partition coefficient (Wildman–Crippen LogP) is 2.00. The van der Waals surface area contributed by atoms with E-state index >= 15 is 0 Å². The van der Waals surface area contributed by atoms with Crippen LogP contribution in [0.3, 0.4) is 0 Å². The first-order valence-corrected chi connectivity index (χ1v) is 4.99. The van der Waals surface area contributed by atoms with E-state index in [1.54, 1.807) is 23.0 Å². The van der Waals surface area contributed by atoms with Crippen LogP contribution >= 0.6 is 0 Å². The molecule has 0 spiro atoms. The molecule has 0 saturated heterocycles. The van der Waals surface area contributed by atoms with Gasteiger partial charge in [0.15, 0.2) is 5.82 Å². The zero-order chi connectivity index (χ0) is 11.0. The number of aromatic nitrogens is 3. The van der Waals surface area contributed by atoms with Crippen LogP contribution in [-0.4, -0.2) is 14.8 Å². The number of para-hydroxylation sites is 1. The lowest BCUT2D eigenvalue weighted by Crippen LogP contribution is -1.99. The molecule has 0 fully saturated rings. The average Bonchev–Trinajstić information content (AvgIpc) is 2.72. The van der Waals surface area contributed by atoms with Gasteiger partial charge in [-0.3, -0.25) is 0 Å². The Morgan fingerprint density at radius 1 is 1.12 bits per heavy atom. The molecule has 0 amide bonds. The van der Waals surface area contributed by atoms with E-state index in [9.17, 15) is 0 Å². The van der Waals surface area contributed by atoms with Gasteiger partial charge >= 0.3 is 0 Å². The monoisotopic (exact) mass is 210 g/mol. The molecular formula is C12H10N4. The van der Waals surface area contributed by atoms with Crippen molar-refractivity contribution in [3.63, 3.8) is 0 Å².